The zero-order valence-electron chi connectivity index (χ0n) is 10.4. The molecule has 6 heteroatoms. The van der Waals surface area contributed by atoms with Gasteiger partial charge in [-0.3, -0.25) is 9.59 Å². The summed E-state index contributed by atoms with van der Waals surface area (Å²) in [5.74, 6) is -0.605. The van der Waals surface area contributed by atoms with E-state index in [9.17, 15) is 9.59 Å². The Balaban J connectivity index is 2.32. The number of piperidine rings is 1. The summed E-state index contributed by atoms with van der Waals surface area (Å²) in [6.07, 6.45) is 2.15. The molecule has 1 rings (SSSR count). The molecule has 0 aromatic carbocycles. The predicted molar refractivity (Wildman–Crippen MR) is 68.2 cm³/mol. The topological polar surface area (TPSA) is 60.9 Å². The van der Waals surface area contributed by atoms with Gasteiger partial charge in [0.05, 0.1) is 11.5 Å². The maximum absolute atomic E-state index is 11.8. The molecule has 0 aliphatic carbocycles. The van der Waals surface area contributed by atoms with Crippen LogP contribution in [-0.4, -0.2) is 71.5 Å². The largest absolute Gasteiger partial charge is 0.481 e. The van der Waals surface area contributed by atoms with Gasteiger partial charge in [0.1, 0.15) is 0 Å². The van der Waals surface area contributed by atoms with E-state index in [1.165, 1.54) is 0 Å². The standard InChI is InChI=1S/C11H20N2O3S/c1-12-5-3-4-9(6-12)13(2)10(14)7-17-8-11(15)16/h9H,3-8H2,1-2H3,(H,15,16). The lowest BCUT2D eigenvalue weighted by atomic mass is 10.1. The van der Waals surface area contributed by atoms with Crippen molar-refractivity contribution in [3.63, 3.8) is 0 Å². The molecule has 1 fully saturated rings. The van der Waals surface area contributed by atoms with Crippen LogP contribution in [0.3, 0.4) is 0 Å². The van der Waals surface area contributed by atoms with E-state index in [-0.39, 0.29) is 23.5 Å². The Bertz CT molecular complexity index is 286. The van der Waals surface area contributed by atoms with Gasteiger partial charge in [-0.1, -0.05) is 0 Å². The number of carboxylic acid groups (broad SMARTS) is 1. The van der Waals surface area contributed by atoms with Crippen molar-refractivity contribution in [2.24, 2.45) is 0 Å². The Morgan fingerprint density at radius 1 is 1.47 bits per heavy atom. The lowest BCUT2D eigenvalue weighted by molar-refractivity contribution is -0.133. The third-order valence-electron chi connectivity index (χ3n) is 2.99. The van der Waals surface area contributed by atoms with Gasteiger partial charge in [-0.05, 0) is 26.4 Å². The number of nitrogens with zero attached hydrogens (tertiary/aromatic N) is 2. The van der Waals surface area contributed by atoms with Crippen molar-refractivity contribution in [2.75, 3.05) is 38.7 Å². The van der Waals surface area contributed by atoms with Crippen LogP contribution in [0.15, 0.2) is 0 Å². The monoisotopic (exact) mass is 260 g/mol. The number of carbonyl (C=O) groups excluding carboxylic acids is 1. The predicted octanol–water partition coefficient (Wildman–Crippen LogP) is 0.357. The zero-order chi connectivity index (χ0) is 12.8. The van der Waals surface area contributed by atoms with Gasteiger partial charge in [0, 0.05) is 19.6 Å². The van der Waals surface area contributed by atoms with Crippen molar-refractivity contribution >= 4 is 23.6 Å². The molecule has 1 saturated heterocycles. The van der Waals surface area contributed by atoms with Crippen LogP contribution in [0.2, 0.25) is 0 Å². The number of amides is 1. The molecule has 0 bridgehead atoms. The second-order valence-electron chi connectivity index (χ2n) is 4.45. The first-order valence-corrected chi connectivity index (χ1v) is 6.90. The number of carboxylic acids is 1. The molecular weight excluding hydrogens is 240 g/mol. The van der Waals surface area contributed by atoms with Gasteiger partial charge in [-0.2, -0.15) is 0 Å². The molecule has 1 aliphatic heterocycles. The van der Waals surface area contributed by atoms with E-state index in [4.69, 9.17) is 5.11 Å². The van der Waals surface area contributed by atoms with Crippen molar-refractivity contribution in [3.8, 4) is 0 Å². The summed E-state index contributed by atoms with van der Waals surface area (Å²) in [5, 5.41) is 8.50. The minimum Gasteiger partial charge on any atom is -0.481 e. The quantitative estimate of drug-likeness (QED) is 0.773. The number of hydrogen-bond acceptors (Lipinski definition) is 4. The van der Waals surface area contributed by atoms with Crippen LogP contribution >= 0.6 is 11.8 Å². The van der Waals surface area contributed by atoms with Crippen LogP contribution in [0.5, 0.6) is 0 Å². The van der Waals surface area contributed by atoms with Gasteiger partial charge in [-0.15, -0.1) is 11.8 Å². The molecule has 1 heterocycles. The van der Waals surface area contributed by atoms with Crippen LogP contribution in [-0.2, 0) is 9.59 Å². The van der Waals surface area contributed by atoms with Crippen LogP contribution in [0.4, 0.5) is 0 Å². The third kappa shape index (κ3) is 4.95. The lowest BCUT2D eigenvalue weighted by Crippen LogP contribution is -2.47. The highest BCUT2D eigenvalue weighted by molar-refractivity contribution is 8.00. The Kier molecular flexibility index (Phi) is 5.77. The van der Waals surface area contributed by atoms with Crippen LogP contribution in [0.25, 0.3) is 0 Å². The molecule has 17 heavy (non-hydrogen) atoms. The first-order chi connectivity index (χ1) is 8.00. The van der Waals surface area contributed by atoms with Gasteiger partial charge in [0.15, 0.2) is 0 Å². The van der Waals surface area contributed by atoms with Gasteiger partial charge >= 0.3 is 5.97 Å². The molecular formula is C11H20N2O3S. The van der Waals surface area contributed by atoms with Crippen LogP contribution < -0.4 is 0 Å². The summed E-state index contributed by atoms with van der Waals surface area (Å²) >= 11 is 1.16. The average molecular weight is 260 g/mol. The van der Waals surface area contributed by atoms with Crippen molar-refractivity contribution in [1.29, 1.82) is 0 Å². The number of hydrogen-bond donors (Lipinski definition) is 1. The molecule has 1 N–H and O–H groups in total. The average Bonchev–Trinajstić information content (AvgIpc) is 2.27. The van der Waals surface area contributed by atoms with E-state index in [1.807, 2.05) is 7.05 Å². The molecule has 5 nitrogen and oxygen atoms in total. The highest BCUT2D eigenvalue weighted by Crippen LogP contribution is 2.14. The van der Waals surface area contributed by atoms with E-state index >= 15 is 0 Å². The SMILES string of the molecule is CN1CCCC(N(C)C(=O)CSCC(=O)O)C1. The summed E-state index contributed by atoms with van der Waals surface area (Å²) in [6.45, 7) is 2.00. The molecule has 0 radical (unpaired) electrons. The lowest BCUT2D eigenvalue weighted by Gasteiger charge is -2.35. The maximum Gasteiger partial charge on any atom is 0.313 e. The molecule has 1 unspecified atom stereocenters. The number of aliphatic carboxylic acids is 1. The highest BCUT2D eigenvalue weighted by Gasteiger charge is 2.24. The van der Waals surface area contributed by atoms with Crippen molar-refractivity contribution in [3.05, 3.63) is 0 Å². The van der Waals surface area contributed by atoms with E-state index in [1.54, 1.807) is 4.90 Å². The summed E-state index contributed by atoms with van der Waals surface area (Å²) in [7, 11) is 3.87. The summed E-state index contributed by atoms with van der Waals surface area (Å²) < 4.78 is 0. The highest BCUT2D eigenvalue weighted by atomic mass is 32.2. The molecule has 0 saturated carbocycles. The molecule has 0 aromatic rings. The Hall–Kier alpha value is -0.750. The van der Waals surface area contributed by atoms with Gasteiger partial charge in [0.25, 0.3) is 0 Å². The first-order valence-electron chi connectivity index (χ1n) is 5.74. The molecule has 1 aliphatic rings. The van der Waals surface area contributed by atoms with Crippen LogP contribution in [0, 0.1) is 0 Å². The zero-order valence-corrected chi connectivity index (χ0v) is 11.2. The molecule has 1 amide bonds. The number of rotatable bonds is 5. The van der Waals surface area contributed by atoms with E-state index in [2.05, 4.69) is 11.9 Å². The molecule has 0 spiro atoms. The fourth-order valence-corrected chi connectivity index (χ4v) is 2.64. The first kappa shape index (κ1) is 14.3. The van der Waals surface area contributed by atoms with E-state index in [0.717, 1.165) is 37.7 Å². The second-order valence-corrected chi connectivity index (χ2v) is 5.44. The van der Waals surface area contributed by atoms with Crippen molar-refractivity contribution in [1.82, 2.24) is 9.80 Å². The molecule has 98 valence electrons. The van der Waals surface area contributed by atoms with Crippen molar-refractivity contribution in [2.45, 2.75) is 18.9 Å². The fourth-order valence-electron chi connectivity index (χ4n) is 1.99. The fraction of sp³-hybridized carbons (Fsp3) is 0.818. The summed E-state index contributed by atoms with van der Waals surface area (Å²) in [5.41, 5.74) is 0. The van der Waals surface area contributed by atoms with E-state index < -0.39 is 5.97 Å². The Morgan fingerprint density at radius 3 is 2.76 bits per heavy atom. The van der Waals surface area contributed by atoms with Gasteiger partial charge < -0.3 is 14.9 Å². The van der Waals surface area contributed by atoms with Crippen molar-refractivity contribution < 1.29 is 14.7 Å². The van der Waals surface area contributed by atoms with Gasteiger partial charge in [-0.25, -0.2) is 0 Å². The number of thioether (sulfide) groups is 1. The Morgan fingerprint density at radius 2 is 2.18 bits per heavy atom. The summed E-state index contributed by atoms with van der Waals surface area (Å²) in [6, 6.07) is 0.270. The minimum absolute atomic E-state index is 0.00977. The third-order valence-corrected chi connectivity index (χ3v) is 3.89. The van der Waals surface area contributed by atoms with Crippen LogP contribution in [0.1, 0.15) is 12.8 Å². The molecule has 1 atom stereocenters. The maximum atomic E-state index is 11.8. The number of likely N-dealkylation sites (tertiary alicyclic amines) is 1. The summed E-state index contributed by atoms with van der Waals surface area (Å²) in [4.78, 5) is 26.2. The number of likely N-dealkylation sites (N-methyl/N-ethyl adjacent to an activating group) is 2. The van der Waals surface area contributed by atoms with Gasteiger partial charge in [0.2, 0.25) is 5.91 Å². The smallest absolute Gasteiger partial charge is 0.313 e. The molecule has 0 aromatic heterocycles. The normalized spacial score (nSPS) is 21.2. The minimum atomic E-state index is -0.872. The number of carbonyl (C=O) groups is 2. The van der Waals surface area contributed by atoms with E-state index in [0.29, 0.717) is 0 Å². The second kappa shape index (κ2) is 6.86. The Labute approximate surface area is 106 Å².